The van der Waals surface area contributed by atoms with Gasteiger partial charge in [0.25, 0.3) is 5.69 Å². The largest absolute Gasteiger partial charge is 0.496 e. The van der Waals surface area contributed by atoms with E-state index in [1.54, 1.807) is 18.2 Å². The summed E-state index contributed by atoms with van der Waals surface area (Å²) in [6, 6.07) is 7.65. The molecule has 0 amide bonds. The highest BCUT2D eigenvalue weighted by atomic mass is 32.1. The van der Waals surface area contributed by atoms with E-state index in [-0.39, 0.29) is 10.8 Å². The first-order chi connectivity index (χ1) is 10.5. The number of nitrogens with one attached hydrogen (secondary N) is 1. The van der Waals surface area contributed by atoms with Gasteiger partial charge in [-0.1, -0.05) is 0 Å². The van der Waals surface area contributed by atoms with E-state index >= 15 is 0 Å². The summed E-state index contributed by atoms with van der Waals surface area (Å²) in [7, 11) is 1.43. The van der Waals surface area contributed by atoms with E-state index in [2.05, 4.69) is 22.7 Å². The summed E-state index contributed by atoms with van der Waals surface area (Å²) >= 11 is 4.61. The second-order valence-corrected chi connectivity index (χ2v) is 4.52. The summed E-state index contributed by atoms with van der Waals surface area (Å²) in [6.45, 7) is 0. The first-order valence-electron chi connectivity index (χ1n) is 6.02. The highest BCUT2D eigenvalue weighted by Gasteiger charge is 2.15. The molecule has 2 aromatic rings. The quantitative estimate of drug-likeness (QED) is 0.375. The Labute approximate surface area is 130 Å². The zero-order valence-electron chi connectivity index (χ0n) is 11.5. The van der Waals surface area contributed by atoms with Crippen molar-refractivity contribution in [2.24, 2.45) is 10.8 Å². The van der Waals surface area contributed by atoms with Crippen LogP contribution in [0, 0.1) is 10.1 Å². The van der Waals surface area contributed by atoms with Gasteiger partial charge in [-0.15, -0.1) is 0 Å². The Bertz CT molecular complexity index is 741. The van der Waals surface area contributed by atoms with Crippen LogP contribution in [0.15, 0.2) is 39.9 Å². The van der Waals surface area contributed by atoms with Gasteiger partial charge >= 0.3 is 0 Å². The molecule has 0 bridgehead atoms. The number of thiocarbonyl (C=S) groups is 1. The maximum absolute atomic E-state index is 10.8. The lowest BCUT2D eigenvalue weighted by atomic mass is 10.1. The molecule has 0 spiro atoms. The van der Waals surface area contributed by atoms with Crippen LogP contribution in [0.4, 0.5) is 5.69 Å². The number of rotatable bonds is 5. The fourth-order valence-corrected chi connectivity index (χ4v) is 1.78. The van der Waals surface area contributed by atoms with Crippen LogP contribution in [0.3, 0.4) is 0 Å². The number of nitro groups is 1. The second kappa shape index (κ2) is 6.68. The lowest BCUT2D eigenvalue weighted by Gasteiger charge is -2.05. The van der Waals surface area contributed by atoms with Gasteiger partial charge in [0.2, 0.25) is 0 Å². The van der Waals surface area contributed by atoms with Gasteiger partial charge < -0.3 is 14.9 Å². The van der Waals surface area contributed by atoms with E-state index in [1.165, 1.54) is 25.5 Å². The van der Waals surface area contributed by atoms with Gasteiger partial charge in [0.05, 0.1) is 29.9 Å². The van der Waals surface area contributed by atoms with Crippen LogP contribution in [0.5, 0.6) is 5.75 Å². The third kappa shape index (κ3) is 3.58. The third-order valence-corrected chi connectivity index (χ3v) is 2.75. The SMILES string of the molecule is COc1cc([N+](=O)[O-])ccc1-c1ccc(/C=N/NC(N)=S)o1. The highest BCUT2D eigenvalue weighted by molar-refractivity contribution is 7.80. The fraction of sp³-hybridized carbons (Fsp3) is 0.0769. The molecule has 0 radical (unpaired) electrons. The Kier molecular flexibility index (Phi) is 4.69. The number of ether oxygens (including phenoxy) is 1. The number of nitrogens with zero attached hydrogens (tertiary/aromatic N) is 2. The Hall–Kier alpha value is -2.94. The highest BCUT2D eigenvalue weighted by Crippen LogP contribution is 2.33. The standard InChI is InChI=1S/C13H12N4O4S/c1-20-12-6-8(17(18)19)2-4-10(12)11-5-3-9(21-11)7-15-16-13(14)22/h2-7H,1H3,(H3,14,16,22)/b15-7+. The van der Waals surface area contributed by atoms with Crippen LogP contribution in [0.1, 0.15) is 5.76 Å². The van der Waals surface area contributed by atoms with Crippen molar-refractivity contribution in [3.8, 4) is 17.1 Å². The molecule has 0 aliphatic rings. The predicted octanol–water partition coefficient (Wildman–Crippen LogP) is 2.03. The predicted molar refractivity (Wildman–Crippen MR) is 84.9 cm³/mol. The number of methoxy groups -OCH3 is 1. The second-order valence-electron chi connectivity index (χ2n) is 4.08. The lowest BCUT2D eigenvalue weighted by Crippen LogP contribution is -2.23. The zero-order valence-corrected chi connectivity index (χ0v) is 12.3. The Morgan fingerprint density at radius 2 is 2.27 bits per heavy atom. The minimum Gasteiger partial charge on any atom is -0.496 e. The molecule has 1 aromatic carbocycles. The summed E-state index contributed by atoms with van der Waals surface area (Å²) in [5, 5.41) is 14.6. The van der Waals surface area contributed by atoms with Crippen LogP contribution in [0.2, 0.25) is 0 Å². The molecule has 2 rings (SSSR count). The number of nitro benzene ring substituents is 1. The van der Waals surface area contributed by atoms with Crippen LogP contribution in [-0.2, 0) is 0 Å². The van der Waals surface area contributed by atoms with Crippen molar-refractivity contribution in [1.29, 1.82) is 0 Å². The average Bonchev–Trinajstić information content (AvgIpc) is 2.94. The van der Waals surface area contributed by atoms with Crippen molar-refractivity contribution in [2.45, 2.75) is 0 Å². The van der Waals surface area contributed by atoms with Crippen LogP contribution in [-0.4, -0.2) is 23.4 Å². The van der Waals surface area contributed by atoms with Gasteiger partial charge in [0.1, 0.15) is 17.3 Å². The van der Waals surface area contributed by atoms with Crippen LogP contribution < -0.4 is 15.9 Å². The molecule has 0 saturated heterocycles. The Morgan fingerprint density at radius 3 is 2.91 bits per heavy atom. The van der Waals surface area contributed by atoms with Crippen molar-refractivity contribution in [1.82, 2.24) is 5.43 Å². The van der Waals surface area contributed by atoms with E-state index in [9.17, 15) is 10.1 Å². The summed E-state index contributed by atoms with van der Waals surface area (Å²) in [4.78, 5) is 10.3. The molecule has 114 valence electrons. The smallest absolute Gasteiger partial charge is 0.273 e. The molecule has 3 N–H and O–H groups in total. The number of non-ortho nitro benzene ring substituents is 1. The molecular weight excluding hydrogens is 308 g/mol. The molecule has 0 atom stereocenters. The molecule has 0 fully saturated rings. The molecule has 0 aliphatic carbocycles. The minimum absolute atomic E-state index is 0.0417. The molecule has 9 heteroatoms. The van der Waals surface area contributed by atoms with Gasteiger partial charge in [0.15, 0.2) is 5.11 Å². The Balaban J connectivity index is 2.28. The molecule has 1 heterocycles. The lowest BCUT2D eigenvalue weighted by molar-refractivity contribution is -0.384. The van der Waals surface area contributed by atoms with Gasteiger partial charge in [-0.25, -0.2) is 0 Å². The third-order valence-electron chi connectivity index (χ3n) is 2.65. The van der Waals surface area contributed by atoms with Crippen molar-refractivity contribution >= 4 is 29.2 Å². The number of furan rings is 1. The van der Waals surface area contributed by atoms with Gasteiger partial charge in [-0.05, 0) is 30.4 Å². The molecule has 8 nitrogen and oxygen atoms in total. The number of nitrogens with two attached hydrogens (primary N) is 1. The van der Waals surface area contributed by atoms with Crippen molar-refractivity contribution in [3.05, 3.63) is 46.2 Å². The Morgan fingerprint density at radius 1 is 1.50 bits per heavy atom. The van der Waals surface area contributed by atoms with E-state index < -0.39 is 4.92 Å². The van der Waals surface area contributed by atoms with Gasteiger partial charge in [-0.2, -0.15) is 5.10 Å². The number of benzene rings is 1. The number of hydrogen-bond donors (Lipinski definition) is 2. The van der Waals surface area contributed by atoms with Gasteiger partial charge in [-0.3, -0.25) is 15.5 Å². The van der Waals surface area contributed by atoms with E-state index in [1.807, 2.05) is 0 Å². The minimum atomic E-state index is -0.492. The molecule has 22 heavy (non-hydrogen) atoms. The molecule has 1 aromatic heterocycles. The molecular formula is C13H12N4O4S. The van der Waals surface area contributed by atoms with Crippen LogP contribution >= 0.6 is 12.2 Å². The normalized spacial score (nSPS) is 10.6. The summed E-state index contributed by atoms with van der Waals surface area (Å²) in [6.07, 6.45) is 1.40. The molecule has 0 unspecified atom stereocenters. The number of hydrazone groups is 1. The topological polar surface area (TPSA) is 116 Å². The van der Waals surface area contributed by atoms with E-state index in [4.69, 9.17) is 14.9 Å². The van der Waals surface area contributed by atoms with Gasteiger partial charge in [0, 0.05) is 6.07 Å². The zero-order chi connectivity index (χ0) is 16.1. The molecule has 0 aliphatic heterocycles. The summed E-state index contributed by atoms with van der Waals surface area (Å²) in [5.41, 5.74) is 8.17. The number of hydrogen-bond acceptors (Lipinski definition) is 6. The maximum Gasteiger partial charge on any atom is 0.273 e. The van der Waals surface area contributed by atoms with Crippen LogP contribution in [0.25, 0.3) is 11.3 Å². The molecule has 0 saturated carbocycles. The van der Waals surface area contributed by atoms with E-state index in [0.29, 0.717) is 22.8 Å². The average molecular weight is 320 g/mol. The maximum atomic E-state index is 10.8. The van der Waals surface area contributed by atoms with Crippen molar-refractivity contribution in [3.63, 3.8) is 0 Å². The van der Waals surface area contributed by atoms with Crippen molar-refractivity contribution < 1.29 is 14.1 Å². The summed E-state index contributed by atoms with van der Waals surface area (Å²) in [5.74, 6) is 1.29. The monoisotopic (exact) mass is 320 g/mol. The summed E-state index contributed by atoms with van der Waals surface area (Å²) < 4.78 is 10.7. The van der Waals surface area contributed by atoms with E-state index in [0.717, 1.165) is 0 Å². The van der Waals surface area contributed by atoms with Crippen molar-refractivity contribution in [2.75, 3.05) is 7.11 Å². The first-order valence-corrected chi connectivity index (χ1v) is 6.43. The first kappa shape index (κ1) is 15.4. The fourth-order valence-electron chi connectivity index (χ4n) is 1.72.